The van der Waals surface area contributed by atoms with Crippen LogP contribution in [0.1, 0.15) is 5.56 Å². The fraction of sp³-hybridized carbons (Fsp3) is 0.235. The van der Waals surface area contributed by atoms with E-state index in [1.807, 2.05) is 18.2 Å². The lowest BCUT2D eigenvalue weighted by atomic mass is 10.1. The molecule has 0 saturated carbocycles. The standard InChI is InChI=1S/C17H17ClN6O2/c1-4-9-24-13-14(22(2)17(26)23(3)15(13)25)20-16(24)21-19-10-11-7-5-6-8-12(11)18/h4-8,10,13H,1,9H2,2-3H3/p+1/b19-10+. The van der Waals surface area contributed by atoms with Gasteiger partial charge in [0.2, 0.25) is 11.9 Å². The minimum atomic E-state index is -0.696. The lowest BCUT2D eigenvalue weighted by Crippen LogP contribution is -2.61. The maximum atomic E-state index is 12.6. The summed E-state index contributed by atoms with van der Waals surface area (Å²) in [7, 11) is 3.03. The summed E-state index contributed by atoms with van der Waals surface area (Å²) in [6, 6.07) is 6.15. The molecule has 0 spiro atoms. The van der Waals surface area contributed by atoms with Crippen LogP contribution >= 0.6 is 11.6 Å². The highest BCUT2D eigenvalue weighted by molar-refractivity contribution is 6.33. The zero-order valence-corrected chi connectivity index (χ0v) is 15.1. The number of hydrazone groups is 1. The lowest BCUT2D eigenvalue weighted by Gasteiger charge is -2.31. The Morgan fingerprint density at radius 1 is 1.35 bits per heavy atom. The van der Waals surface area contributed by atoms with Crippen molar-refractivity contribution in [2.24, 2.45) is 10.1 Å². The van der Waals surface area contributed by atoms with Gasteiger partial charge < -0.3 is 0 Å². The molecule has 1 fully saturated rings. The number of likely N-dealkylation sites (N-methyl/N-ethyl adjacent to an activating group) is 2. The SMILES string of the molecule is C=CC[N+]1=C(N/N=C/c2ccccc2Cl)N=C2C1C(=O)N(C)C(=O)N2C. The molecule has 3 amide bonds. The third-order valence-corrected chi connectivity index (χ3v) is 4.47. The van der Waals surface area contributed by atoms with Crippen molar-refractivity contribution in [3.8, 4) is 0 Å². The van der Waals surface area contributed by atoms with Crippen LogP contribution < -0.4 is 5.43 Å². The third kappa shape index (κ3) is 2.99. The Hall–Kier alpha value is -3.00. The van der Waals surface area contributed by atoms with E-state index in [1.54, 1.807) is 30.0 Å². The van der Waals surface area contributed by atoms with Crippen molar-refractivity contribution in [1.29, 1.82) is 0 Å². The van der Waals surface area contributed by atoms with E-state index in [0.717, 1.165) is 10.5 Å². The molecular weight excluding hydrogens is 356 g/mol. The fourth-order valence-corrected chi connectivity index (χ4v) is 2.94. The maximum absolute atomic E-state index is 12.6. The highest BCUT2D eigenvalue weighted by Crippen LogP contribution is 2.18. The molecule has 2 aliphatic rings. The normalized spacial score (nSPS) is 20.0. The number of halogens is 1. The summed E-state index contributed by atoms with van der Waals surface area (Å²) in [5.74, 6) is 0.368. The molecule has 2 heterocycles. The predicted molar refractivity (Wildman–Crippen MR) is 99.7 cm³/mol. The van der Waals surface area contributed by atoms with Crippen molar-refractivity contribution >= 4 is 41.5 Å². The van der Waals surface area contributed by atoms with Crippen LogP contribution in [0, 0.1) is 0 Å². The average Bonchev–Trinajstić information content (AvgIpc) is 2.99. The van der Waals surface area contributed by atoms with Crippen LogP contribution in [0.15, 0.2) is 47.0 Å². The number of aliphatic imine (C=N–C) groups is 1. The van der Waals surface area contributed by atoms with Crippen molar-refractivity contribution in [1.82, 2.24) is 15.2 Å². The molecule has 8 nitrogen and oxygen atoms in total. The van der Waals surface area contributed by atoms with Crippen LogP contribution in [-0.2, 0) is 4.79 Å². The number of rotatable bonds is 4. The Kier molecular flexibility index (Phi) is 4.85. The molecule has 2 aliphatic heterocycles. The van der Waals surface area contributed by atoms with E-state index in [2.05, 4.69) is 22.1 Å². The van der Waals surface area contributed by atoms with Gasteiger partial charge in [-0.2, -0.15) is 5.43 Å². The molecule has 1 atom stereocenters. The summed E-state index contributed by atoms with van der Waals surface area (Å²) < 4.78 is 1.70. The number of guanidine groups is 1. The number of amidine groups is 1. The molecule has 1 N–H and O–H groups in total. The quantitative estimate of drug-likeness (QED) is 0.372. The van der Waals surface area contributed by atoms with E-state index in [4.69, 9.17) is 11.6 Å². The molecule has 1 unspecified atom stereocenters. The van der Waals surface area contributed by atoms with Crippen LogP contribution in [0.25, 0.3) is 0 Å². The Morgan fingerprint density at radius 2 is 2.08 bits per heavy atom. The zero-order chi connectivity index (χ0) is 18.8. The molecule has 3 rings (SSSR count). The average molecular weight is 374 g/mol. The molecule has 1 aromatic carbocycles. The number of amides is 3. The van der Waals surface area contributed by atoms with Gasteiger partial charge in [-0.05, 0) is 6.07 Å². The van der Waals surface area contributed by atoms with E-state index in [9.17, 15) is 9.59 Å². The van der Waals surface area contributed by atoms with Crippen molar-refractivity contribution in [3.05, 3.63) is 47.5 Å². The fourth-order valence-electron chi connectivity index (χ4n) is 2.76. The second kappa shape index (κ2) is 7.09. The third-order valence-electron chi connectivity index (χ3n) is 4.13. The van der Waals surface area contributed by atoms with Gasteiger partial charge in [0.1, 0.15) is 0 Å². The second-order valence-corrected chi connectivity index (χ2v) is 6.17. The zero-order valence-electron chi connectivity index (χ0n) is 14.4. The Morgan fingerprint density at radius 3 is 2.77 bits per heavy atom. The topological polar surface area (TPSA) is 80.4 Å². The van der Waals surface area contributed by atoms with Crippen molar-refractivity contribution in [3.63, 3.8) is 0 Å². The summed E-state index contributed by atoms with van der Waals surface area (Å²) in [6.07, 6.45) is 3.22. The number of fused-ring (bicyclic) bond motifs is 1. The van der Waals surface area contributed by atoms with Gasteiger partial charge in [0, 0.05) is 24.7 Å². The Balaban J connectivity index is 1.91. The van der Waals surface area contributed by atoms with Crippen LogP contribution in [0.2, 0.25) is 5.02 Å². The van der Waals surface area contributed by atoms with E-state index in [0.29, 0.717) is 23.4 Å². The summed E-state index contributed by atoms with van der Waals surface area (Å²) in [6.45, 7) is 4.08. The smallest absolute Gasteiger partial charge is 0.270 e. The number of carbonyl (C=O) groups is 2. The van der Waals surface area contributed by atoms with Crippen LogP contribution in [0.4, 0.5) is 4.79 Å². The molecule has 134 valence electrons. The summed E-state index contributed by atoms with van der Waals surface area (Å²) in [5, 5.41) is 4.72. The minimum Gasteiger partial charge on any atom is -0.270 e. The first-order chi connectivity index (χ1) is 12.5. The van der Waals surface area contributed by atoms with E-state index in [1.165, 1.54) is 11.9 Å². The minimum absolute atomic E-state index is 0.347. The highest BCUT2D eigenvalue weighted by atomic mass is 35.5. The van der Waals surface area contributed by atoms with Gasteiger partial charge >= 0.3 is 12.0 Å². The van der Waals surface area contributed by atoms with E-state index < -0.39 is 12.1 Å². The highest BCUT2D eigenvalue weighted by Gasteiger charge is 2.51. The van der Waals surface area contributed by atoms with Crippen LogP contribution in [0.3, 0.4) is 0 Å². The first-order valence-corrected chi connectivity index (χ1v) is 8.25. The number of imide groups is 1. The van der Waals surface area contributed by atoms with Gasteiger partial charge in [0.05, 0.1) is 12.8 Å². The van der Waals surface area contributed by atoms with Gasteiger partial charge in [-0.15, -0.1) is 5.10 Å². The molecule has 26 heavy (non-hydrogen) atoms. The van der Waals surface area contributed by atoms with Gasteiger partial charge in [0.15, 0.2) is 0 Å². The second-order valence-electron chi connectivity index (χ2n) is 5.77. The van der Waals surface area contributed by atoms with Gasteiger partial charge in [-0.1, -0.05) is 47.4 Å². The molecule has 0 aliphatic carbocycles. The number of nitrogens with one attached hydrogen (secondary N) is 1. The number of nitrogens with zero attached hydrogens (tertiary/aromatic N) is 5. The Labute approximate surface area is 155 Å². The van der Waals surface area contributed by atoms with Gasteiger partial charge in [-0.3, -0.25) is 14.6 Å². The van der Waals surface area contributed by atoms with Gasteiger partial charge in [0.25, 0.3) is 5.91 Å². The van der Waals surface area contributed by atoms with Crippen molar-refractivity contribution < 1.29 is 14.2 Å². The predicted octanol–water partition coefficient (Wildman–Crippen LogP) is 1.12. The molecule has 9 heteroatoms. The van der Waals surface area contributed by atoms with Crippen LogP contribution in [-0.4, -0.2) is 71.0 Å². The maximum Gasteiger partial charge on any atom is 0.414 e. The van der Waals surface area contributed by atoms with E-state index >= 15 is 0 Å². The molecule has 0 bridgehead atoms. The number of benzene rings is 1. The van der Waals surface area contributed by atoms with E-state index in [-0.39, 0.29) is 5.91 Å². The number of carbonyl (C=O) groups excluding carboxylic acids is 2. The summed E-state index contributed by atoms with van der Waals surface area (Å²) in [4.78, 5) is 31.5. The monoisotopic (exact) mass is 373 g/mol. The van der Waals surface area contributed by atoms with Crippen molar-refractivity contribution in [2.45, 2.75) is 6.04 Å². The molecule has 0 radical (unpaired) electrons. The molecule has 0 aromatic heterocycles. The lowest BCUT2D eigenvalue weighted by molar-refractivity contribution is -0.527. The number of hydrogen-bond acceptors (Lipinski definition) is 5. The molecule has 1 saturated heterocycles. The summed E-state index contributed by atoms with van der Waals surface area (Å²) in [5.41, 5.74) is 3.57. The first-order valence-electron chi connectivity index (χ1n) is 7.87. The number of urea groups is 1. The Bertz CT molecular complexity index is 876. The van der Waals surface area contributed by atoms with Crippen LogP contribution in [0.5, 0.6) is 0 Å². The molecule has 1 aromatic rings. The molecular formula is C17H18ClN6O2+. The van der Waals surface area contributed by atoms with Gasteiger partial charge in [-0.25, -0.2) is 9.37 Å². The van der Waals surface area contributed by atoms with Crippen molar-refractivity contribution in [2.75, 3.05) is 20.6 Å². The number of hydrogen-bond donors (Lipinski definition) is 1. The summed E-state index contributed by atoms with van der Waals surface area (Å²) >= 11 is 6.10. The first kappa shape index (κ1) is 17.8. The largest absolute Gasteiger partial charge is 0.414 e.